The van der Waals surface area contributed by atoms with Crippen LogP contribution in [0, 0.1) is 0 Å². The topological polar surface area (TPSA) is 180 Å². The molecule has 0 aliphatic carbocycles. The fourth-order valence-electron chi connectivity index (χ4n) is 3.25. The Balaban J connectivity index is 0.000000767. The molecule has 4 aromatic rings. The maximum atomic E-state index is 10.9. The molecule has 43 heavy (non-hydrogen) atoms. The monoisotopic (exact) mass is 689 g/mol. The van der Waals surface area contributed by atoms with Gasteiger partial charge in [0.15, 0.2) is 0 Å². The van der Waals surface area contributed by atoms with Crippen molar-refractivity contribution >= 4 is 32.7 Å². The molecule has 0 unspecified atom stereocenters. The van der Waals surface area contributed by atoms with Gasteiger partial charge in [-0.3, -0.25) is 9.98 Å². The van der Waals surface area contributed by atoms with Gasteiger partial charge in [0.05, 0.1) is 22.9 Å². The van der Waals surface area contributed by atoms with Crippen molar-refractivity contribution < 1.29 is 112 Å². The Hall–Kier alpha value is -1.84. The van der Waals surface area contributed by atoms with Gasteiger partial charge < -0.3 is 19.3 Å². The number of benzene rings is 4. The molecule has 15 heteroatoms. The van der Waals surface area contributed by atoms with Gasteiger partial charge in [-0.15, -0.1) is 0 Å². The van der Waals surface area contributed by atoms with Crippen LogP contribution in [0.2, 0.25) is 0 Å². The fraction of sp³-hybridized carbons (Fsp3) is 0.0714. The summed E-state index contributed by atoms with van der Waals surface area (Å²) in [7, 11) is -9.08. The third kappa shape index (κ3) is 14.2. The molecule has 0 aromatic heterocycles. The first-order chi connectivity index (χ1) is 18.9. The van der Waals surface area contributed by atoms with Crippen molar-refractivity contribution in [1.82, 2.24) is 0 Å². The molecule has 0 heterocycles. The van der Waals surface area contributed by atoms with E-state index in [9.17, 15) is 36.2 Å². The van der Waals surface area contributed by atoms with Gasteiger partial charge in [-0.1, -0.05) is 60.7 Å². The molecule has 10 nitrogen and oxygen atoms in total. The standard InChI is InChI=1S/2C14H13NO4S.Cu.2Na/c2*16-14-7-6-13(20(17,18)19)8-12(14)10-15-9-11-4-2-1-3-5-11;;;/h2*1-8,10,16H,9H2,(H,17,18,19);;;/q;;;2*+1/p-2. The minimum Gasteiger partial charge on any atom is -0.744 e. The van der Waals surface area contributed by atoms with Gasteiger partial charge in [-0.25, -0.2) is 16.8 Å². The number of phenols is 2. The molecule has 4 aromatic carbocycles. The Kier molecular flexibility index (Phi) is 18.7. The molecule has 0 aliphatic rings. The van der Waals surface area contributed by atoms with E-state index in [-0.39, 0.29) is 98.8 Å². The van der Waals surface area contributed by atoms with Gasteiger partial charge in [0.2, 0.25) is 0 Å². The van der Waals surface area contributed by atoms with Gasteiger partial charge >= 0.3 is 59.1 Å². The second-order valence-electron chi connectivity index (χ2n) is 8.26. The zero-order chi connectivity index (χ0) is 29.2. The summed E-state index contributed by atoms with van der Waals surface area (Å²) in [5, 5.41) is 19.2. The van der Waals surface area contributed by atoms with Crippen LogP contribution in [0.1, 0.15) is 22.3 Å². The zero-order valence-electron chi connectivity index (χ0n) is 23.2. The zero-order valence-corrected chi connectivity index (χ0v) is 29.7. The van der Waals surface area contributed by atoms with Gasteiger partial charge in [0.25, 0.3) is 0 Å². The quantitative estimate of drug-likeness (QED) is 0.119. The number of aliphatic imine (C=N–C) groups is 2. The predicted octanol–water partition coefficient (Wildman–Crippen LogP) is -2.16. The molecule has 0 fully saturated rings. The average molecular weight is 690 g/mol. The van der Waals surface area contributed by atoms with E-state index in [1.807, 2.05) is 60.7 Å². The van der Waals surface area contributed by atoms with Crippen LogP contribution in [0.5, 0.6) is 11.5 Å². The molecule has 219 valence electrons. The van der Waals surface area contributed by atoms with Crippen LogP contribution >= 0.6 is 0 Å². The van der Waals surface area contributed by atoms with Gasteiger partial charge in [0, 0.05) is 40.6 Å². The van der Waals surface area contributed by atoms with Crippen LogP contribution in [0.15, 0.2) is 117 Å². The van der Waals surface area contributed by atoms with E-state index in [2.05, 4.69) is 9.98 Å². The van der Waals surface area contributed by atoms with E-state index < -0.39 is 30.0 Å². The second-order valence-corrected chi connectivity index (χ2v) is 11.0. The third-order valence-corrected chi connectivity index (χ3v) is 6.93. The van der Waals surface area contributed by atoms with Crippen LogP contribution in [0.25, 0.3) is 0 Å². The number of hydrogen-bond donors (Lipinski definition) is 2. The van der Waals surface area contributed by atoms with Crippen LogP contribution in [0.3, 0.4) is 0 Å². The molecule has 0 spiro atoms. The smallest absolute Gasteiger partial charge is 0.744 e. The molecule has 1 radical (unpaired) electrons. The molecule has 4 rings (SSSR count). The van der Waals surface area contributed by atoms with Crippen molar-refractivity contribution in [3.05, 3.63) is 119 Å². The molecule has 0 saturated heterocycles. The first-order valence-corrected chi connectivity index (χ1v) is 14.4. The Morgan fingerprint density at radius 1 is 0.581 bits per heavy atom. The van der Waals surface area contributed by atoms with Crippen LogP contribution < -0.4 is 59.1 Å². The summed E-state index contributed by atoms with van der Waals surface area (Å²) < 4.78 is 65.5. The largest absolute Gasteiger partial charge is 1.00 e. The Morgan fingerprint density at radius 2 is 0.907 bits per heavy atom. The second kappa shape index (κ2) is 19.5. The Bertz CT molecular complexity index is 1600. The van der Waals surface area contributed by atoms with E-state index in [0.717, 1.165) is 47.5 Å². The minimum absolute atomic E-state index is 0. The first-order valence-electron chi connectivity index (χ1n) is 11.6. The number of aromatic hydroxyl groups is 2. The molecule has 0 aliphatic heterocycles. The molecular formula is C28H24CuN2Na2O8S2. The number of phenolic OH excluding ortho intramolecular Hbond substituents is 2. The average Bonchev–Trinajstić information content (AvgIpc) is 2.91. The Labute approximate surface area is 305 Å². The van der Waals surface area contributed by atoms with E-state index >= 15 is 0 Å². The maximum Gasteiger partial charge on any atom is 1.00 e. The first kappa shape index (κ1) is 41.2. The molecule has 2 N–H and O–H groups in total. The summed E-state index contributed by atoms with van der Waals surface area (Å²) in [6, 6.07) is 25.6. The van der Waals surface area contributed by atoms with Crippen LogP contribution in [-0.2, 0) is 50.4 Å². The molecule has 0 saturated carbocycles. The van der Waals surface area contributed by atoms with E-state index in [4.69, 9.17) is 0 Å². The maximum absolute atomic E-state index is 10.9. The summed E-state index contributed by atoms with van der Waals surface area (Å²) >= 11 is 0. The van der Waals surface area contributed by atoms with E-state index in [1.165, 1.54) is 12.4 Å². The van der Waals surface area contributed by atoms with Crippen molar-refractivity contribution in [3.63, 3.8) is 0 Å². The van der Waals surface area contributed by atoms with Crippen molar-refractivity contribution in [3.8, 4) is 11.5 Å². The van der Waals surface area contributed by atoms with Gasteiger partial charge in [-0.05, 0) is 47.5 Å². The van der Waals surface area contributed by atoms with Gasteiger partial charge in [0.1, 0.15) is 31.7 Å². The molecule has 0 amide bonds. The van der Waals surface area contributed by atoms with Crippen molar-refractivity contribution in [1.29, 1.82) is 0 Å². The van der Waals surface area contributed by atoms with Crippen molar-refractivity contribution in [2.24, 2.45) is 9.98 Å². The predicted molar refractivity (Wildman–Crippen MR) is 148 cm³/mol. The SMILES string of the molecule is O=S(=O)([O-])c1ccc(O)c(C=NCc2ccccc2)c1.O=S(=O)([O-])c1ccc(O)c(C=NCc2ccccc2)c1.[Cu].[Na+].[Na+]. The van der Waals surface area contributed by atoms with E-state index in [1.54, 1.807) is 0 Å². The summed E-state index contributed by atoms with van der Waals surface area (Å²) in [5.74, 6) is -0.261. The number of hydrogen-bond acceptors (Lipinski definition) is 10. The number of nitrogens with zero attached hydrogens (tertiary/aromatic N) is 2. The van der Waals surface area contributed by atoms with Crippen molar-refractivity contribution in [2.75, 3.05) is 0 Å². The summed E-state index contributed by atoms with van der Waals surface area (Å²) in [4.78, 5) is 7.44. The third-order valence-electron chi connectivity index (χ3n) is 5.27. The summed E-state index contributed by atoms with van der Waals surface area (Å²) in [5.41, 5.74) is 2.35. The van der Waals surface area contributed by atoms with Gasteiger partial charge in [-0.2, -0.15) is 0 Å². The summed E-state index contributed by atoms with van der Waals surface area (Å²) in [6.45, 7) is 0.795. The Morgan fingerprint density at radius 3 is 1.21 bits per heavy atom. The van der Waals surface area contributed by atoms with Crippen LogP contribution in [-0.4, -0.2) is 48.6 Å². The van der Waals surface area contributed by atoms with Crippen molar-refractivity contribution in [2.45, 2.75) is 22.9 Å². The minimum atomic E-state index is -4.54. The fourth-order valence-corrected chi connectivity index (χ4v) is 4.26. The molecule has 0 atom stereocenters. The molecule has 0 bridgehead atoms. The number of rotatable bonds is 8. The van der Waals surface area contributed by atoms with E-state index in [0.29, 0.717) is 13.1 Å². The summed E-state index contributed by atoms with van der Waals surface area (Å²) in [6.07, 6.45) is 2.69. The van der Waals surface area contributed by atoms with Crippen LogP contribution in [0.4, 0.5) is 0 Å². The normalized spacial score (nSPS) is 11.0. The molecular weight excluding hydrogens is 666 g/mol.